The molecule has 1 aromatic heterocycles. The molecule has 2 aliphatic heterocycles. The van der Waals surface area contributed by atoms with E-state index in [1.165, 1.54) is 0 Å². The van der Waals surface area contributed by atoms with Crippen molar-refractivity contribution in [3.63, 3.8) is 0 Å². The van der Waals surface area contributed by atoms with Crippen molar-refractivity contribution >= 4 is 29.9 Å². The molecule has 0 amide bonds. The van der Waals surface area contributed by atoms with Gasteiger partial charge < -0.3 is 29.3 Å². The Balaban J connectivity index is 0.00000272. The minimum absolute atomic E-state index is 0. The molecule has 31 heavy (non-hydrogen) atoms. The summed E-state index contributed by atoms with van der Waals surface area (Å²) in [4.78, 5) is 7.15. The first-order valence-corrected chi connectivity index (χ1v) is 10.5. The zero-order chi connectivity index (χ0) is 20.8. The summed E-state index contributed by atoms with van der Waals surface area (Å²) in [6.07, 6.45) is 0. The number of hydrogen-bond acceptors (Lipinski definition) is 6. The van der Waals surface area contributed by atoms with Gasteiger partial charge in [0.25, 0.3) is 0 Å². The maximum absolute atomic E-state index is 5.95. The second-order valence-corrected chi connectivity index (χ2v) is 7.38. The lowest BCUT2D eigenvalue weighted by Gasteiger charge is -2.33. The molecule has 0 spiro atoms. The van der Waals surface area contributed by atoms with Gasteiger partial charge in [0.05, 0.1) is 25.8 Å². The Kier molecular flexibility index (Phi) is 8.85. The number of morpholine rings is 1. The molecule has 170 valence electrons. The minimum Gasteiger partial charge on any atom is -0.465 e. The fraction of sp³-hybridized carbons (Fsp3) is 0.500. The van der Waals surface area contributed by atoms with Crippen LogP contribution in [-0.2, 0) is 11.3 Å². The monoisotopic (exact) mass is 542 g/mol. The highest BCUT2D eigenvalue weighted by Gasteiger charge is 2.25. The SMILES string of the molecule is CCNC(=NCc1ccc2c(c1)OCO2)NCC(c1ccc(C)o1)N1CCOCC1.I. The molecule has 0 radical (unpaired) electrons. The van der Waals surface area contributed by atoms with Crippen molar-refractivity contribution in [2.24, 2.45) is 4.99 Å². The van der Waals surface area contributed by atoms with Crippen LogP contribution in [0.5, 0.6) is 11.5 Å². The second kappa shape index (κ2) is 11.6. The molecule has 0 saturated carbocycles. The summed E-state index contributed by atoms with van der Waals surface area (Å²) in [5.41, 5.74) is 1.07. The molecule has 2 aromatic rings. The number of fused-ring (bicyclic) bond motifs is 1. The van der Waals surface area contributed by atoms with Crippen LogP contribution in [0.3, 0.4) is 0 Å². The number of halogens is 1. The molecule has 2 N–H and O–H groups in total. The number of hydrogen-bond donors (Lipinski definition) is 2. The third-order valence-electron chi connectivity index (χ3n) is 5.24. The summed E-state index contributed by atoms with van der Waals surface area (Å²) in [6.45, 7) is 9.61. The molecular weight excluding hydrogens is 511 g/mol. The molecule has 1 unspecified atom stereocenters. The molecule has 1 saturated heterocycles. The van der Waals surface area contributed by atoms with Gasteiger partial charge in [0, 0.05) is 26.2 Å². The molecule has 1 fully saturated rings. The average Bonchev–Trinajstić information content (AvgIpc) is 3.41. The van der Waals surface area contributed by atoms with E-state index in [0.717, 1.165) is 67.4 Å². The maximum atomic E-state index is 5.95. The topological polar surface area (TPSA) is 80.5 Å². The Hall–Kier alpha value is -1.98. The van der Waals surface area contributed by atoms with E-state index in [4.69, 9.17) is 23.6 Å². The zero-order valence-electron chi connectivity index (χ0n) is 18.1. The van der Waals surface area contributed by atoms with Gasteiger partial charge in [-0.1, -0.05) is 6.07 Å². The molecule has 0 bridgehead atoms. The van der Waals surface area contributed by atoms with E-state index in [0.29, 0.717) is 13.1 Å². The first-order chi connectivity index (χ1) is 14.7. The quantitative estimate of drug-likeness (QED) is 0.316. The highest BCUT2D eigenvalue weighted by molar-refractivity contribution is 14.0. The molecule has 1 aromatic carbocycles. The maximum Gasteiger partial charge on any atom is 0.231 e. The average molecular weight is 542 g/mol. The number of aryl methyl sites for hydroxylation is 1. The molecule has 0 aliphatic carbocycles. The van der Waals surface area contributed by atoms with Gasteiger partial charge in [-0.3, -0.25) is 4.90 Å². The number of rotatable bonds is 7. The number of aliphatic imine (C=N–C) groups is 1. The lowest BCUT2D eigenvalue weighted by atomic mass is 10.1. The second-order valence-electron chi connectivity index (χ2n) is 7.38. The van der Waals surface area contributed by atoms with Crippen LogP contribution in [0.15, 0.2) is 39.7 Å². The summed E-state index contributed by atoms with van der Waals surface area (Å²) in [7, 11) is 0. The zero-order valence-corrected chi connectivity index (χ0v) is 20.4. The normalized spacial score (nSPS) is 17.2. The van der Waals surface area contributed by atoms with Crippen LogP contribution in [0.25, 0.3) is 0 Å². The van der Waals surface area contributed by atoms with E-state index < -0.39 is 0 Å². The van der Waals surface area contributed by atoms with Crippen LogP contribution in [0.1, 0.15) is 30.0 Å². The number of nitrogens with one attached hydrogen (secondary N) is 2. The number of guanidine groups is 1. The van der Waals surface area contributed by atoms with Crippen LogP contribution in [-0.4, -0.2) is 57.0 Å². The number of nitrogens with zero attached hydrogens (tertiary/aromatic N) is 2. The van der Waals surface area contributed by atoms with E-state index in [9.17, 15) is 0 Å². The largest absolute Gasteiger partial charge is 0.465 e. The number of benzene rings is 1. The van der Waals surface area contributed by atoms with Crippen LogP contribution in [0.4, 0.5) is 0 Å². The van der Waals surface area contributed by atoms with Crippen LogP contribution in [0.2, 0.25) is 0 Å². The van der Waals surface area contributed by atoms with Crippen molar-refractivity contribution in [2.45, 2.75) is 26.4 Å². The smallest absolute Gasteiger partial charge is 0.231 e. The van der Waals surface area contributed by atoms with Crippen molar-refractivity contribution in [2.75, 3.05) is 46.2 Å². The molecule has 2 aliphatic rings. The lowest BCUT2D eigenvalue weighted by Crippen LogP contribution is -2.46. The molecule has 9 heteroatoms. The Morgan fingerprint density at radius 1 is 1.10 bits per heavy atom. The van der Waals surface area contributed by atoms with Gasteiger partial charge in [-0.15, -0.1) is 24.0 Å². The molecular formula is C22H31IN4O4. The summed E-state index contributed by atoms with van der Waals surface area (Å²) in [5.74, 6) is 4.23. The lowest BCUT2D eigenvalue weighted by molar-refractivity contribution is 0.0124. The van der Waals surface area contributed by atoms with Crippen LogP contribution < -0.4 is 20.1 Å². The fourth-order valence-electron chi connectivity index (χ4n) is 3.68. The minimum atomic E-state index is 0. The Bertz CT molecular complexity index is 867. The van der Waals surface area contributed by atoms with Gasteiger partial charge in [-0.05, 0) is 43.7 Å². The Labute approximate surface area is 200 Å². The van der Waals surface area contributed by atoms with Crippen LogP contribution >= 0.6 is 24.0 Å². The van der Waals surface area contributed by atoms with Crippen molar-refractivity contribution < 1.29 is 18.6 Å². The predicted molar refractivity (Wildman–Crippen MR) is 129 cm³/mol. The number of furan rings is 1. The van der Waals surface area contributed by atoms with E-state index in [-0.39, 0.29) is 36.8 Å². The van der Waals surface area contributed by atoms with Gasteiger partial charge >= 0.3 is 0 Å². The van der Waals surface area contributed by atoms with E-state index in [2.05, 4.69) is 28.5 Å². The van der Waals surface area contributed by atoms with Gasteiger partial charge in [0.1, 0.15) is 11.5 Å². The Morgan fingerprint density at radius 2 is 1.90 bits per heavy atom. The Morgan fingerprint density at radius 3 is 2.65 bits per heavy atom. The van der Waals surface area contributed by atoms with E-state index >= 15 is 0 Å². The number of ether oxygens (including phenoxy) is 3. The first-order valence-electron chi connectivity index (χ1n) is 10.5. The molecule has 4 rings (SSSR count). The predicted octanol–water partition coefficient (Wildman–Crippen LogP) is 3.06. The van der Waals surface area contributed by atoms with Crippen molar-refractivity contribution in [1.82, 2.24) is 15.5 Å². The first kappa shape index (κ1) is 23.7. The fourth-order valence-corrected chi connectivity index (χ4v) is 3.68. The third-order valence-corrected chi connectivity index (χ3v) is 5.24. The van der Waals surface area contributed by atoms with Crippen LogP contribution in [0, 0.1) is 6.92 Å². The van der Waals surface area contributed by atoms with Gasteiger partial charge in [0.15, 0.2) is 17.5 Å². The van der Waals surface area contributed by atoms with E-state index in [1.54, 1.807) is 0 Å². The van der Waals surface area contributed by atoms with Gasteiger partial charge in [-0.2, -0.15) is 0 Å². The summed E-state index contributed by atoms with van der Waals surface area (Å²) >= 11 is 0. The van der Waals surface area contributed by atoms with Crippen molar-refractivity contribution in [1.29, 1.82) is 0 Å². The van der Waals surface area contributed by atoms with Gasteiger partial charge in [-0.25, -0.2) is 4.99 Å². The molecule has 8 nitrogen and oxygen atoms in total. The summed E-state index contributed by atoms with van der Waals surface area (Å²) < 4.78 is 22.3. The van der Waals surface area contributed by atoms with Crippen molar-refractivity contribution in [3.8, 4) is 11.5 Å². The van der Waals surface area contributed by atoms with Crippen molar-refractivity contribution in [3.05, 3.63) is 47.4 Å². The van der Waals surface area contributed by atoms with Gasteiger partial charge in [0.2, 0.25) is 6.79 Å². The standard InChI is InChI=1S/C22H30N4O4.HI/c1-3-23-22(24-13-17-5-7-20-21(12-17)29-15-28-20)25-14-18(19-6-4-16(2)30-19)26-8-10-27-11-9-26;/h4-7,12,18H,3,8-11,13-15H2,1-2H3,(H2,23,24,25);1H. The molecule has 3 heterocycles. The summed E-state index contributed by atoms with van der Waals surface area (Å²) in [6, 6.07) is 10.1. The molecule has 1 atom stereocenters. The highest BCUT2D eigenvalue weighted by atomic mass is 127. The highest BCUT2D eigenvalue weighted by Crippen LogP contribution is 2.32. The summed E-state index contributed by atoms with van der Waals surface area (Å²) in [5, 5.41) is 6.82. The third kappa shape index (κ3) is 6.27. The van der Waals surface area contributed by atoms with E-state index in [1.807, 2.05) is 31.2 Å².